The number of hydrogen-bond acceptors (Lipinski definition) is 5. The molecule has 48 heavy (non-hydrogen) atoms. The summed E-state index contributed by atoms with van der Waals surface area (Å²) in [4.78, 5) is 12.3. The average Bonchev–Trinajstić information content (AvgIpc) is 3.29. The van der Waals surface area contributed by atoms with Gasteiger partial charge in [0.1, 0.15) is 0 Å². The number of rotatable bonds is 10. The van der Waals surface area contributed by atoms with Crippen LogP contribution in [0, 0.1) is 34.5 Å². The Morgan fingerprint density at radius 2 is 1.54 bits per heavy atom. The molecule has 3 fully saturated rings. The monoisotopic (exact) mass is 706 g/mol. The zero-order valence-corrected chi connectivity index (χ0v) is 35.3. The summed E-state index contributed by atoms with van der Waals surface area (Å²) in [6.45, 7) is 33.6. The van der Waals surface area contributed by atoms with E-state index in [-0.39, 0.29) is 52.1 Å². The van der Waals surface area contributed by atoms with Gasteiger partial charge >= 0.3 is 5.97 Å². The van der Waals surface area contributed by atoms with Crippen LogP contribution in [-0.2, 0) is 18.4 Å². The van der Waals surface area contributed by atoms with E-state index in [9.17, 15) is 9.90 Å². The van der Waals surface area contributed by atoms with Gasteiger partial charge < -0.3 is 18.7 Å². The molecule has 276 valence electrons. The molecule has 3 saturated carbocycles. The van der Waals surface area contributed by atoms with Crippen LogP contribution < -0.4 is 0 Å². The van der Waals surface area contributed by atoms with Crippen molar-refractivity contribution in [2.45, 2.75) is 181 Å². The Balaban J connectivity index is 1.65. The van der Waals surface area contributed by atoms with Gasteiger partial charge in [-0.1, -0.05) is 85.6 Å². The van der Waals surface area contributed by atoms with Gasteiger partial charge in [0.25, 0.3) is 0 Å². The molecule has 0 aromatic heterocycles. The number of fused-ring (bicyclic) bond motifs is 5. The van der Waals surface area contributed by atoms with Crippen LogP contribution in [0.25, 0.3) is 0 Å². The van der Waals surface area contributed by atoms with Crippen molar-refractivity contribution in [3.8, 4) is 0 Å². The average molecular weight is 707 g/mol. The minimum absolute atomic E-state index is 0.0677. The van der Waals surface area contributed by atoms with Gasteiger partial charge in [0.15, 0.2) is 16.6 Å². The van der Waals surface area contributed by atoms with Gasteiger partial charge in [0.05, 0.1) is 24.9 Å². The van der Waals surface area contributed by atoms with Crippen LogP contribution in [0.5, 0.6) is 0 Å². The van der Waals surface area contributed by atoms with Gasteiger partial charge in [-0.25, -0.2) is 9.18 Å². The van der Waals surface area contributed by atoms with E-state index in [4.69, 9.17) is 13.6 Å². The molecule has 1 unspecified atom stereocenters. The Bertz CT molecular complexity index is 1260. The minimum atomic E-state index is -2.41. The van der Waals surface area contributed by atoms with E-state index >= 15 is 4.39 Å². The molecule has 0 heterocycles. The zero-order chi connectivity index (χ0) is 36.5. The highest BCUT2D eigenvalue weighted by atomic mass is 28.4. The maximum atomic E-state index is 15.4. The number of allylic oxidation sites excluding steroid dienone is 3. The Hall–Kier alpha value is -0.806. The first-order valence-corrected chi connectivity index (χ1v) is 24.9. The number of aliphatic hydroxyl groups is 1. The van der Waals surface area contributed by atoms with Crippen molar-refractivity contribution in [3.05, 3.63) is 23.3 Å². The molecule has 0 aromatic carbocycles. The summed E-state index contributed by atoms with van der Waals surface area (Å²) in [7, 11) is -4.05. The Kier molecular flexibility index (Phi) is 11.1. The number of carbonyl (C=O) groups is 1. The molecule has 4 aliphatic rings. The summed E-state index contributed by atoms with van der Waals surface area (Å²) in [6, 6.07) is 0. The molecule has 10 atom stereocenters. The number of ether oxygens (including phenoxy) is 1. The van der Waals surface area contributed by atoms with Crippen LogP contribution in [0.2, 0.25) is 36.3 Å². The summed E-state index contributed by atoms with van der Waals surface area (Å²) in [5, 5.41) is 11.2. The summed E-state index contributed by atoms with van der Waals surface area (Å²) < 4.78 is 35.0. The fourth-order valence-electron chi connectivity index (χ4n) is 9.51. The molecule has 0 spiro atoms. The first-order chi connectivity index (χ1) is 21.7. The maximum absolute atomic E-state index is 15.4. The number of hydrogen-bond donors (Lipinski definition) is 1. The number of carbonyl (C=O) groups excluding carboxylic acids is 1. The SMILES string of the molecule is CCOC(=O)[C@@](C)(F)C(O)C[C@@H](C)[C@H]1CC[C@H]2C3=CC=C4C[C@@H](O[Si](C)(C)C(C)(C)C)C[C@H](O[Si](C)(C)C(C)(C)C)[C@]4(C)[C@H]3CC[C@]12C. The van der Waals surface area contributed by atoms with Crippen molar-refractivity contribution in [1.29, 1.82) is 0 Å². The third-order valence-electron chi connectivity index (χ3n) is 14.8. The highest BCUT2D eigenvalue weighted by Gasteiger charge is 2.61. The van der Waals surface area contributed by atoms with Crippen molar-refractivity contribution in [2.75, 3.05) is 6.61 Å². The first-order valence-electron chi connectivity index (χ1n) is 19.0. The van der Waals surface area contributed by atoms with E-state index in [0.29, 0.717) is 17.8 Å². The van der Waals surface area contributed by atoms with Crippen molar-refractivity contribution >= 4 is 22.6 Å². The molecule has 1 N–H and O–H groups in total. The maximum Gasteiger partial charge on any atom is 0.346 e. The summed E-state index contributed by atoms with van der Waals surface area (Å²) in [5.74, 6) is 0.342. The normalized spacial score (nSPS) is 35.3. The topological polar surface area (TPSA) is 65.0 Å². The van der Waals surface area contributed by atoms with Crippen molar-refractivity contribution < 1.29 is 27.9 Å². The molecule has 0 amide bonds. The lowest BCUT2D eigenvalue weighted by Gasteiger charge is -2.59. The highest BCUT2D eigenvalue weighted by Crippen LogP contribution is 2.67. The molecule has 0 radical (unpaired) electrons. The quantitative estimate of drug-likeness (QED) is 0.181. The van der Waals surface area contributed by atoms with E-state index in [1.807, 2.05) is 0 Å². The van der Waals surface area contributed by atoms with Gasteiger partial charge in [-0.2, -0.15) is 0 Å². The molecule has 5 nitrogen and oxygen atoms in total. The van der Waals surface area contributed by atoms with E-state index in [0.717, 1.165) is 38.5 Å². The first kappa shape index (κ1) is 40.0. The van der Waals surface area contributed by atoms with Gasteiger partial charge in [-0.15, -0.1) is 0 Å². The van der Waals surface area contributed by atoms with Crippen LogP contribution in [0.1, 0.15) is 121 Å². The lowest BCUT2D eigenvalue weighted by atomic mass is 9.49. The van der Waals surface area contributed by atoms with E-state index in [2.05, 4.69) is 101 Å². The van der Waals surface area contributed by atoms with Gasteiger partial charge in [-0.3, -0.25) is 0 Å². The standard InChI is InChI=1S/C40H71FO5Si2/c1-16-44-35(43)40(11,41)33(42)23-26(2)30-19-20-31-29-18-17-27-24-28(45-47(12,13)36(3,4)5)25-34(46-48(14,15)37(6,7)8)39(27,10)32(29)21-22-38(30,31)9/h17-18,26,28,30-34,42H,16,19-25H2,1-15H3/t26-,28-,30-,31+,32+,33?,34+,38-,39+,40+/m1/s1. The van der Waals surface area contributed by atoms with Crippen LogP contribution >= 0.6 is 0 Å². The molecule has 0 saturated heterocycles. The fraction of sp³-hybridized carbons (Fsp3) is 0.875. The lowest BCUT2D eigenvalue weighted by molar-refractivity contribution is -0.165. The highest BCUT2D eigenvalue weighted by molar-refractivity contribution is 6.74. The van der Waals surface area contributed by atoms with E-state index in [1.165, 1.54) is 12.5 Å². The molecule has 4 rings (SSSR count). The minimum Gasteiger partial charge on any atom is -0.464 e. The van der Waals surface area contributed by atoms with Crippen molar-refractivity contribution in [3.63, 3.8) is 0 Å². The molecule has 0 aliphatic heterocycles. The second-order valence-electron chi connectivity index (χ2n) is 19.8. The number of esters is 1. The van der Waals surface area contributed by atoms with Gasteiger partial charge in [-0.05, 0) is 124 Å². The predicted molar refractivity (Wildman–Crippen MR) is 201 cm³/mol. The number of halogens is 1. The molecule has 4 aliphatic carbocycles. The van der Waals surface area contributed by atoms with Gasteiger partial charge in [0.2, 0.25) is 5.67 Å². The Morgan fingerprint density at radius 3 is 2.10 bits per heavy atom. The Morgan fingerprint density at radius 1 is 0.958 bits per heavy atom. The van der Waals surface area contributed by atoms with Crippen LogP contribution in [0.4, 0.5) is 4.39 Å². The largest absolute Gasteiger partial charge is 0.464 e. The molecule has 8 heteroatoms. The van der Waals surface area contributed by atoms with Crippen LogP contribution in [0.3, 0.4) is 0 Å². The number of aliphatic hydroxyl groups excluding tert-OH is 1. The fourth-order valence-corrected chi connectivity index (χ4v) is 12.3. The van der Waals surface area contributed by atoms with Crippen LogP contribution in [-0.4, -0.2) is 58.3 Å². The predicted octanol–water partition coefficient (Wildman–Crippen LogP) is 10.6. The Labute approximate surface area is 295 Å². The van der Waals surface area contributed by atoms with Crippen LogP contribution in [0.15, 0.2) is 23.3 Å². The molecule has 0 aromatic rings. The molecular weight excluding hydrogens is 636 g/mol. The third-order valence-corrected chi connectivity index (χ3v) is 23.8. The zero-order valence-electron chi connectivity index (χ0n) is 33.3. The summed E-state index contributed by atoms with van der Waals surface area (Å²) in [6.07, 6.45) is 10.4. The lowest BCUT2D eigenvalue weighted by Crippen LogP contribution is -2.58. The van der Waals surface area contributed by atoms with E-state index in [1.54, 1.807) is 12.5 Å². The second kappa shape index (κ2) is 13.3. The second-order valence-corrected chi connectivity index (χ2v) is 29.3. The smallest absolute Gasteiger partial charge is 0.346 e. The van der Waals surface area contributed by atoms with Crippen molar-refractivity contribution in [1.82, 2.24) is 0 Å². The van der Waals surface area contributed by atoms with E-state index < -0.39 is 34.4 Å². The third kappa shape index (κ3) is 7.01. The summed E-state index contributed by atoms with van der Waals surface area (Å²) in [5.41, 5.74) is 0.669. The van der Waals surface area contributed by atoms with Crippen molar-refractivity contribution in [2.24, 2.45) is 34.5 Å². The summed E-state index contributed by atoms with van der Waals surface area (Å²) >= 11 is 0. The molecule has 0 bridgehead atoms. The number of alkyl halides is 1. The molecular formula is C40H71FO5Si2. The van der Waals surface area contributed by atoms with Gasteiger partial charge in [0, 0.05) is 5.41 Å².